The number of amides is 1. The number of nitrogens with one attached hydrogen (secondary N) is 1. The summed E-state index contributed by atoms with van der Waals surface area (Å²) in [4.78, 5) is 28.8. The van der Waals surface area contributed by atoms with E-state index in [4.69, 9.17) is 4.74 Å². The van der Waals surface area contributed by atoms with Gasteiger partial charge in [-0.25, -0.2) is 4.98 Å². The van der Waals surface area contributed by atoms with Gasteiger partial charge in [0.1, 0.15) is 5.75 Å². The van der Waals surface area contributed by atoms with Crippen molar-refractivity contribution in [2.75, 3.05) is 12.9 Å². The first-order valence-electron chi connectivity index (χ1n) is 11.9. The van der Waals surface area contributed by atoms with Crippen LogP contribution in [-0.2, 0) is 4.79 Å². The molecule has 1 heterocycles. The fourth-order valence-corrected chi connectivity index (χ4v) is 5.12. The van der Waals surface area contributed by atoms with Crippen LogP contribution in [0.25, 0.3) is 16.7 Å². The minimum Gasteiger partial charge on any atom is -0.495 e. The van der Waals surface area contributed by atoms with Gasteiger partial charge >= 0.3 is 0 Å². The van der Waals surface area contributed by atoms with Gasteiger partial charge in [0, 0.05) is 12.1 Å². The van der Waals surface area contributed by atoms with E-state index in [2.05, 4.69) is 10.3 Å². The molecule has 5 aromatic rings. The number of hydrogen-bond acceptors (Lipinski definition) is 6. The highest BCUT2D eigenvalue weighted by atomic mass is 32.2. The van der Waals surface area contributed by atoms with Crippen LogP contribution in [0.3, 0.4) is 0 Å². The summed E-state index contributed by atoms with van der Waals surface area (Å²) in [5, 5.41) is 15.0. The zero-order chi connectivity index (χ0) is 26.5. The number of thioether (sulfide) groups is 1. The zero-order valence-electron chi connectivity index (χ0n) is 20.5. The highest BCUT2D eigenvalue weighted by Gasteiger charge is 2.21. The van der Waals surface area contributed by atoms with Crippen LogP contribution in [0.4, 0.5) is 5.69 Å². The molecule has 1 amide bonds. The molecular formula is C29H24N4O4S. The molecule has 0 bridgehead atoms. The Hall–Kier alpha value is -4.63. The van der Waals surface area contributed by atoms with E-state index in [9.17, 15) is 14.9 Å². The summed E-state index contributed by atoms with van der Waals surface area (Å²) in [5.74, 6) is 0.540. The normalized spacial score (nSPS) is 11.0. The minimum absolute atomic E-state index is 0.0509. The zero-order valence-corrected chi connectivity index (χ0v) is 21.3. The third kappa shape index (κ3) is 5.23. The van der Waals surface area contributed by atoms with Crippen molar-refractivity contribution in [1.29, 1.82) is 0 Å². The molecule has 8 nitrogen and oxygen atoms in total. The molecule has 0 atom stereocenters. The number of hydrogen-bond donors (Lipinski definition) is 1. The van der Waals surface area contributed by atoms with Gasteiger partial charge in [0.2, 0.25) is 5.91 Å². The Bertz CT molecular complexity index is 1550. The molecule has 0 fully saturated rings. The highest BCUT2D eigenvalue weighted by Crippen LogP contribution is 2.34. The predicted molar refractivity (Wildman–Crippen MR) is 148 cm³/mol. The fourth-order valence-electron chi connectivity index (χ4n) is 4.29. The van der Waals surface area contributed by atoms with Crippen molar-refractivity contribution < 1.29 is 14.5 Å². The van der Waals surface area contributed by atoms with Gasteiger partial charge < -0.3 is 10.1 Å². The standard InChI is InChI=1S/C29H24N4O4S/c1-37-26-15-9-8-14-25(26)32-24-17-16-22(33(35)36)18-23(24)30-29(32)38-19-27(34)31-28(20-10-4-2-5-11-20)21-12-6-3-7-13-21/h2-18,28H,19H2,1H3,(H,31,34). The maximum Gasteiger partial charge on any atom is 0.271 e. The van der Waals surface area contributed by atoms with E-state index < -0.39 is 4.92 Å². The SMILES string of the molecule is COc1ccccc1-n1c(SCC(=O)NC(c2ccccc2)c2ccccc2)nc2cc([N+](=O)[O-])ccc21. The lowest BCUT2D eigenvalue weighted by Gasteiger charge is -2.20. The maximum atomic E-state index is 13.2. The van der Waals surface area contributed by atoms with Gasteiger partial charge in [-0.05, 0) is 29.3 Å². The van der Waals surface area contributed by atoms with E-state index in [1.54, 1.807) is 13.2 Å². The number of imidazole rings is 1. The number of non-ortho nitro benzene ring substituents is 1. The first-order chi connectivity index (χ1) is 18.5. The smallest absolute Gasteiger partial charge is 0.271 e. The number of para-hydroxylation sites is 2. The molecule has 0 unspecified atom stereocenters. The van der Waals surface area contributed by atoms with Crippen LogP contribution >= 0.6 is 11.8 Å². The van der Waals surface area contributed by atoms with E-state index in [0.717, 1.165) is 16.8 Å². The lowest BCUT2D eigenvalue weighted by Crippen LogP contribution is -2.30. The number of aromatic nitrogens is 2. The molecule has 190 valence electrons. The lowest BCUT2D eigenvalue weighted by atomic mass is 9.99. The minimum atomic E-state index is -0.449. The average molecular weight is 525 g/mol. The summed E-state index contributed by atoms with van der Waals surface area (Å²) in [5.41, 5.74) is 3.76. The summed E-state index contributed by atoms with van der Waals surface area (Å²) in [6.07, 6.45) is 0. The summed E-state index contributed by atoms with van der Waals surface area (Å²) >= 11 is 1.26. The number of fused-ring (bicyclic) bond motifs is 1. The van der Waals surface area contributed by atoms with Gasteiger partial charge in [0.15, 0.2) is 5.16 Å². The molecule has 38 heavy (non-hydrogen) atoms. The van der Waals surface area contributed by atoms with E-state index in [0.29, 0.717) is 21.9 Å². The van der Waals surface area contributed by atoms with Crippen LogP contribution in [-0.4, -0.2) is 33.2 Å². The number of nitrogens with zero attached hydrogens (tertiary/aromatic N) is 3. The summed E-state index contributed by atoms with van der Waals surface area (Å²) in [6, 6.07) is 31.3. The van der Waals surface area contributed by atoms with Crippen LogP contribution < -0.4 is 10.1 Å². The van der Waals surface area contributed by atoms with Gasteiger partial charge in [-0.15, -0.1) is 0 Å². The third-order valence-electron chi connectivity index (χ3n) is 6.05. The lowest BCUT2D eigenvalue weighted by molar-refractivity contribution is -0.384. The van der Waals surface area contributed by atoms with E-state index in [-0.39, 0.29) is 23.4 Å². The number of nitro benzene ring substituents is 1. The monoisotopic (exact) mass is 524 g/mol. The fraction of sp³-hybridized carbons (Fsp3) is 0.103. The summed E-state index contributed by atoms with van der Waals surface area (Å²) < 4.78 is 7.43. The van der Waals surface area contributed by atoms with Crippen molar-refractivity contribution in [1.82, 2.24) is 14.9 Å². The van der Waals surface area contributed by atoms with Gasteiger partial charge in [0.05, 0.1) is 40.5 Å². The molecule has 0 aliphatic rings. The molecule has 0 aliphatic heterocycles. The molecule has 0 aliphatic carbocycles. The van der Waals surface area contributed by atoms with Gasteiger partial charge in [-0.2, -0.15) is 0 Å². The highest BCUT2D eigenvalue weighted by molar-refractivity contribution is 7.99. The molecule has 1 aromatic heterocycles. The van der Waals surface area contributed by atoms with E-state index >= 15 is 0 Å². The first-order valence-corrected chi connectivity index (χ1v) is 12.9. The Morgan fingerprint density at radius 3 is 2.24 bits per heavy atom. The van der Waals surface area contributed by atoms with Crippen molar-refractivity contribution in [3.63, 3.8) is 0 Å². The Kier molecular flexibility index (Phi) is 7.37. The van der Waals surface area contributed by atoms with Crippen molar-refractivity contribution in [3.05, 3.63) is 124 Å². The molecule has 1 N–H and O–H groups in total. The Morgan fingerprint density at radius 2 is 1.61 bits per heavy atom. The molecule has 0 saturated carbocycles. The van der Waals surface area contributed by atoms with Crippen LogP contribution in [0.15, 0.2) is 108 Å². The second-order valence-corrected chi connectivity index (χ2v) is 9.38. The molecule has 0 spiro atoms. The number of methoxy groups -OCH3 is 1. The second kappa shape index (κ2) is 11.2. The molecule has 5 rings (SSSR count). The Balaban J connectivity index is 1.46. The second-order valence-electron chi connectivity index (χ2n) is 8.44. The molecule has 4 aromatic carbocycles. The van der Waals surface area contributed by atoms with Gasteiger partial charge in [0.25, 0.3) is 5.69 Å². The number of nitro groups is 1. The van der Waals surface area contributed by atoms with Crippen LogP contribution in [0.5, 0.6) is 5.75 Å². The number of carbonyl (C=O) groups is 1. The molecule has 9 heteroatoms. The average Bonchev–Trinajstić information content (AvgIpc) is 3.33. The van der Waals surface area contributed by atoms with Gasteiger partial charge in [-0.1, -0.05) is 84.6 Å². The maximum absolute atomic E-state index is 13.2. The van der Waals surface area contributed by atoms with Crippen molar-refractivity contribution in [2.45, 2.75) is 11.2 Å². The third-order valence-corrected chi connectivity index (χ3v) is 6.99. The van der Waals surface area contributed by atoms with Gasteiger partial charge in [-0.3, -0.25) is 19.5 Å². The van der Waals surface area contributed by atoms with Crippen LogP contribution in [0.2, 0.25) is 0 Å². The topological polar surface area (TPSA) is 99.3 Å². The quantitative estimate of drug-likeness (QED) is 0.146. The molecule has 0 radical (unpaired) electrons. The number of ether oxygens (including phenoxy) is 1. The Labute approximate surface area is 223 Å². The number of carbonyl (C=O) groups excluding carboxylic acids is 1. The van der Waals surface area contributed by atoms with Crippen molar-refractivity contribution in [2.24, 2.45) is 0 Å². The number of benzene rings is 4. The number of rotatable bonds is 9. The van der Waals surface area contributed by atoms with E-state index in [1.807, 2.05) is 89.5 Å². The molecular weight excluding hydrogens is 500 g/mol. The van der Waals surface area contributed by atoms with Crippen molar-refractivity contribution >= 4 is 34.4 Å². The summed E-state index contributed by atoms with van der Waals surface area (Å²) in [7, 11) is 1.58. The van der Waals surface area contributed by atoms with E-state index in [1.165, 1.54) is 23.9 Å². The molecule has 0 saturated heterocycles. The Morgan fingerprint density at radius 1 is 0.974 bits per heavy atom. The van der Waals surface area contributed by atoms with Crippen molar-refractivity contribution in [3.8, 4) is 11.4 Å². The first kappa shape index (κ1) is 25.0. The largest absolute Gasteiger partial charge is 0.495 e. The predicted octanol–water partition coefficient (Wildman–Crippen LogP) is 5.94. The van der Waals surface area contributed by atoms with Crippen LogP contribution in [0, 0.1) is 10.1 Å². The summed E-state index contributed by atoms with van der Waals surface area (Å²) in [6.45, 7) is 0. The van der Waals surface area contributed by atoms with Crippen LogP contribution in [0.1, 0.15) is 17.2 Å².